The van der Waals surface area contributed by atoms with Gasteiger partial charge in [0.2, 0.25) is 0 Å². The molecule has 0 amide bonds. The van der Waals surface area contributed by atoms with Crippen molar-refractivity contribution in [3.05, 3.63) is 18.6 Å². The fraction of sp³-hybridized carbons (Fsp3) is 0.571. The Kier molecular flexibility index (Phi) is 4.94. The third-order valence-corrected chi connectivity index (χ3v) is 7.90. The van der Waals surface area contributed by atoms with E-state index in [2.05, 4.69) is 80.6 Å². The normalized spacial score (nSPS) is 29.5. The van der Waals surface area contributed by atoms with Gasteiger partial charge in [-0.05, 0) is 37.2 Å². The van der Waals surface area contributed by atoms with Crippen molar-refractivity contribution in [3.8, 4) is 0 Å². The smallest absolute Gasteiger partial charge is 0.156 e. The second-order valence-corrected chi connectivity index (χ2v) is 9.62. The van der Waals surface area contributed by atoms with Crippen LogP contribution in [0.25, 0.3) is 11.0 Å². The molecule has 0 bridgehead atoms. The molecule has 2 aromatic heterocycles. The van der Waals surface area contributed by atoms with Crippen LogP contribution in [0.5, 0.6) is 0 Å². The molecule has 1 spiro atoms. The Morgan fingerprint density at radius 2 is 2.09 bits per heavy atom. The molecule has 2 aliphatic rings. The number of halogens is 2. The number of fused-ring (bicyclic) bond motifs is 1. The zero-order chi connectivity index (χ0) is 16.0. The summed E-state index contributed by atoms with van der Waals surface area (Å²) in [6, 6.07) is 2.70. The van der Waals surface area contributed by atoms with Crippen LogP contribution in [0.4, 0.5) is 5.82 Å². The highest BCUT2D eigenvalue weighted by atomic mass is 127. The summed E-state index contributed by atoms with van der Waals surface area (Å²) in [5.74, 6) is 1.05. The Bertz CT molecular complexity index is 714. The molecule has 0 saturated heterocycles. The highest BCUT2D eigenvalue weighted by Gasteiger charge is 2.54. The van der Waals surface area contributed by atoms with Crippen LogP contribution in [-0.4, -0.2) is 33.1 Å². The molecule has 2 fully saturated rings. The van der Waals surface area contributed by atoms with Crippen molar-refractivity contribution in [2.24, 2.45) is 5.41 Å². The van der Waals surface area contributed by atoms with Crippen LogP contribution in [0.2, 0.25) is 0 Å². The first-order chi connectivity index (χ1) is 11.2. The number of anilines is 1. The molecule has 4 rings (SSSR count). The highest BCUT2D eigenvalue weighted by molar-refractivity contribution is 14.2. The van der Waals surface area contributed by atoms with Gasteiger partial charge in [0.05, 0.1) is 20.7 Å². The average molecular weight is 574 g/mol. The largest absolute Gasteiger partial charge is 0.356 e. The molecule has 0 unspecified atom stereocenters. The molecule has 0 aromatic carbocycles. The summed E-state index contributed by atoms with van der Waals surface area (Å²) < 4.78 is 7.70. The zero-order valence-electron chi connectivity index (χ0n) is 12.5. The lowest BCUT2D eigenvalue weighted by atomic mass is 9.52. The van der Waals surface area contributed by atoms with E-state index in [4.69, 9.17) is 4.18 Å². The van der Waals surface area contributed by atoms with Crippen LogP contribution >= 0.6 is 60.7 Å². The molecule has 9 heteroatoms. The standard InChI is InChI=1S/C14H16I2N4OS2/c1-19(9-4-14(5-9)6-10(7-14)21-23-16)12-11-2-3-20(22-15)13(11)18-8-17-12/h2-3,8-10H,4-7H2,1H3. The third-order valence-electron chi connectivity index (χ3n) is 5.21. The van der Waals surface area contributed by atoms with E-state index in [-0.39, 0.29) is 0 Å². The molecule has 0 aliphatic heterocycles. The summed E-state index contributed by atoms with van der Waals surface area (Å²) >= 11 is 4.48. The lowest BCUT2D eigenvalue weighted by Crippen LogP contribution is -2.57. The summed E-state index contributed by atoms with van der Waals surface area (Å²) in [7, 11) is 5.27. The van der Waals surface area contributed by atoms with Gasteiger partial charge in [0.15, 0.2) is 5.65 Å². The monoisotopic (exact) mass is 574 g/mol. The summed E-state index contributed by atoms with van der Waals surface area (Å²) in [6.07, 6.45) is 9.14. The molecular weight excluding hydrogens is 558 g/mol. The van der Waals surface area contributed by atoms with Gasteiger partial charge in [-0.3, -0.25) is 3.97 Å². The van der Waals surface area contributed by atoms with Crippen LogP contribution < -0.4 is 4.90 Å². The van der Waals surface area contributed by atoms with Crippen molar-refractivity contribution in [1.82, 2.24) is 13.9 Å². The number of rotatable bonds is 5. The van der Waals surface area contributed by atoms with Gasteiger partial charge < -0.3 is 9.08 Å². The molecular formula is C14H16I2N4OS2. The van der Waals surface area contributed by atoms with Gasteiger partial charge in [0.1, 0.15) is 12.1 Å². The summed E-state index contributed by atoms with van der Waals surface area (Å²) in [5, 5.41) is 1.14. The summed E-state index contributed by atoms with van der Waals surface area (Å²) in [6.45, 7) is 0. The molecule has 0 atom stereocenters. The van der Waals surface area contributed by atoms with Crippen LogP contribution in [0.1, 0.15) is 25.7 Å². The third kappa shape index (κ3) is 2.97. The minimum Gasteiger partial charge on any atom is -0.356 e. The molecule has 0 radical (unpaired) electrons. The van der Waals surface area contributed by atoms with Crippen molar-refractivity contribution < 1.29 is 4.18 Å². The summed E-state index contributed by atoms with van der Waals surface area (Å²) in [4.78, 5) is 11.3. The van der Waals surface area contributed by atoms with Crippen LogP contribution in [-0.2, 0) is 4.18 Å². The lowest BCUT2D eigenvalue weighted by Gasteiger charge is -2.59. The van der Waals surface area contributed by atoms with Crippen molar-refractivity contribution in [3.63, 3.8) is 0 Å². The summed E-state index contributed by atoms with van der Waals surface area (Å²) in [5.41, 5.74) is 1.53. The van der Waals surface area contributed by atoms with Gasteiger partial charge in [-0.2, -0.15) is 0 Å². The quantitative estimate of drug-likeness (QED) is 0.369. The van der Waals surface area contributed by atoms with Crippen molar-refractivity contribution in [2.75, 3.05) is 11.9 Å². The molecule has 2 aliphatic carbocycles. The van der Waals surface area contributed by atoms with Crippen LogP contribution in [0.3, 0.4) is 0 Å². The second kappa shape index (κ2) is 6.69. The van der Waals surface area contributed by atoms with E-state index in [1.165, 1.54) is 34.9 Å². The topological polar surface area (TPSA) is 43.2 Å². The Hall–Kier alpha value is 0.540. The molecule has 5 nitrogen and oxygen atoms in total. The molecule has 2 heterocycles. The number of aromatic nitrogens is 3. The Labute approximate surface area is 168 Å². The Morgan fingerprint density at radius 1 is 1.30 bits per heavy atom. The predicted molar refractivity (Wildman–Crippen MR) is 114 cm³/mol. The van der Waals surface area contributed by atoms with E-state index in [0.717, 1.165) is 16.9 Å². The zero-order valence-corrected chi connectivity index (χ0v) is 18.4. The Balaban J connectivity index is 1.47. The van der Waals surface area contributed by atoms with Crippen molar-refractivity contribution in [2.45, 2.75) is 37.8 Å². The average Bonchev–Trinajstić information content (AvgIpc) is 2.90. The van der Waals surface area contributed by atoms with E-state index < -0.39 is 0 Å². The van der Waals surface area contributed by atoms with Gasteiger partial charge in [0.25, 0.3) is 0 Å². The number of nitrogens with zero attached hydrogens (tertiary/aromatic N) is 4. The van der Waals surface area contributed by atoms with Gasteiger partial charge in [-0.1, -0.05) is 0 Å². The van der Waals surface area contributed by atoms with Gasteiger partial charge in [-0.25, -0.2) is 9.97 Å². The predicted octanol–water partition coefficient (Wildman–Crippen LogP) is 5.04. The van der Waals surface area contributed by atoms with E-state index in [1.807, 2.05) is 0 Å². The van der Waals surface area contributed by atoms with E-state index in [9.17, 15) is 0 Å². The minimum absolute atomic E-state index is 0.462. The maximum absolute atomic E-state index is 5.63. The fourth-order valence-electron chi connectivity index (χ4n) is 4.00. The molecule has 124 valence electrons. The van der Waals surface area contributed by atoms with Crippen molar-refractivity contribution in [1.29, 1.82) is 0 Å². The first-order valence-electron chi connectivity index (χ1n) is 7.44. The SMILES string of the molecule is CN(c1ncnc2c1ccn2SI)C1CC2(CC(OSI)C2)C1. The van der Waals surface area contributed by atoms with E-state index in [1.54, 1.807) is 15.4 Å². The molecule has 23 heavy (non-hydrogen) atoms. The maximum Gasteiger partial charge on any atom is 0.156 e. The molecule has 2 aromatic rings. The first kappa shape index (κ1) is 17.0. The molecule has 2 saturated carbocycles. The van der Waals surface area contributed by atoms with E-state index in [0.29, 0.717) is 17.6 Å². The minimum atomic E-state index is 0.462. The first-order valence-corrected chi connectivity index (χ1v) is 14.0. The van der Waals surface area contributed by atoms with Gasteiger partial charge in [-0.15, -0.1) is 0 Å². The maximum atomic E-state index is 5.63. The fourth-order valence-corrected chi connectivity index (χ4v) is 6.39. The van der Waals surface area contributed by atoms with Crippen LogP contribution in [0.15, 0.2) is 18.6 Å². The second-order valence-electron chi connectivity index (χ2n) is 6.51. The lowest BCUT2D eigenvalue weighted by molar-refractivity contribution is -0.0711. The van der Waals surface area contributed by atoms with Gasteiger partial charge in [0, 0.05) is 70.8 Å². The van der Waals surface area contributed by atoms with E-state index >= 15 is 0 Å². The van der Waals surface area contributed by atoms with Crippen molar-refractivity contribution >= 4 is 77.6 Å². The van der Waals surface area contributed by atoms with Crippen LogP contribution in [0, 0.1) is 5.41 Å². The molecule has 0 N–H and O–H groups in total. The number of hydrogen-bond acceptors (Lipinski definition) is 6. The Morgan fingerprint density at radius 3 is 2.78 bits per heavy atom. The highest BCUT2D eigenvalue weighted by Crippen LogP contribution is 2.59. The number of hydrogen-bond donors (Lipinski definition) is 0. The van der Waals surface area contributed by atoms with Gasteiger partial charge >= 0.3 is 0 Å².